The molecule has 0 heterocycles. The minimum absolute atomic E-state index is 0.0592. The number of hydrogen-bond acceptors (Lipinski definition) is 2. The van der Waals surface area contributed by atoms with Gasteiger partial charge < -0.3 is 0 Å². The van der Waals surface area contributed by atoms with Gasteiger partial charge in [0.2, 0.25) is 5.91 Å². The smallest absolute Gasteiger partial charge is 0.244 e. The van der Waals surface area contributed by atoms with Gasteiger partial charge in [-0.25, -0.2) is 5.43 Å². The van der Waals surface area contributed by atoms with Gasteiger partial charge in [-0.3, -0.25) is 4.79 Å². The zero-order chi connectivity index (χ0) is 13.2. The molecule has 0 aliphatic rings. The molecule has 0 spiro atoms. The van der Waals surface area contributed by atoms with Gasteiger partial charge in [0.05, 0.1) is 6.42 Å². The molecule has 0 saturated heterocycles. The number of nitrogens with one attached hydrogen (secondary N) is 1. The van der Waals surface area contributed by atoms with Crippen LogP contribution >= 0.6 is 0 Å². The molecule has 1 rings (SSSR count). The van der Waals surface area contributed by atoms with Crippen LogP contribution in [0.15, 0.2) is 35.4 Å². The predicted octanol–water partition coefficient (Wildman–Crippen LogP) is 3.30. The molecule has 0 saturated carbocycles. The zero-order valence-corrected chi connectivity index (χ0v) is 11.3. The molecular weight excluding hydrogens is 224 g/mol. The summed E-state index contributed by atoms with van der Waals surface area (Å²) in [6, 6.07) is 9.69. The Labute approximate surface area is 109 Å². The normalized spacial score (nSPS) is 11.3. The molecule has 0 radical (unpaired) electrons. The maximum Gasteiger partial charge on any atom is 0.244 e. The minimum Gasteiger partial charge on any atom is -0.273 e. The second-order valence-corrected chi connectivity index (χ2v) is 4.50. The van der Waals surface area contributed by atoms with Gasteiger partial charge in [0.15, 0.2) is 0 Å². The van der Waals surface area contributed by atoms with E-state index in [4.69, 9.17) is 0 Å². The summed E-state index contributed by atoms with van der Waals surface area (Å²) in [7, 11) is 0. The Hall–Kier alpha value is -1.64. The summed E-state index contributed by atoms with van der Waals surface area (Å²) >= 11 is 0. The first-order valence-electron chi connectivity index (χ1n) is 6.58. The summed E-state index contributed by atoms with van der Waals surface area (Å²) < 4.78 is 0. The Kier molecular flexibility index (Phi) is 6.77. The number of amides is 1. The summed E-state index contributed by atoms with van der Waals surface area (Å²) in [5.41, 5.74) is 4.61. The summed E-state index contributed by atoms with van der Waals surface area (Å²) in [4.78, 5) is 11.6. The second kappa shape index (κ2) is 8.45. The first kappa shape index (κ1) is 14.4. The third kappa shape index (κ3) is 6.18. The van der Waals surface area contributed by atoms with E-state index in [1.54, 1.807) is 0 Å². The predicted molar refractivity (Wildman–Crippen MR) is 75.5 cm³/mol. The van der Waals surface area contributed by atoms with E-state index in [-0.39, 0.29) is 5.91 Å². The fraction of sp³-hybridized carbons (Fsp3) is 0.467. The van der Waals surface area contributed by atoms with Crippen LogP contribution < -0.4 is 5.43 Å². The van der Waals surface area contributed by atoms with Gasteiger partial charge in [0.25, 0.3) is 0 Å². The Morgan fingerprint density at radius 3 is 2.61 bits per heavy atom. The van der Waals surface area contributed by atoms with Crippen molar-refractivity contribution in [1.82, 2.24) is 5.43 Å². The lowest BCUT2D eigenvalue weighted by Gasteiger charge is -2.02. The number of carbonyl (C=O) groups excluding carboxylic acids is 1. The van der Waals surface area contributed by atoms with Crippen LogP contribution in [0.5, 0.6) is 0 Å². The van der Waals surface area contributed by atoms with Crippen molar-refractivity contribution < 1.29 is 4.79 Å². The summed E-state index contributed by atoms with van der Waals surface area (Å²) in [6.45, 7) is 4.13. The number of nitrogens with zero attached hydrogens (tertiary/aromatic N) is 1. The topological polar surface area (TPSA) is 41.5 Å². The largest absolute Gasteiger partial charge is 0.273 e. The van der Waals surface area contributed by atoms with E-state index < -0.39 is 0 Å². The molecule has 0 aliphatic carbocycles. The number of unbranched alkanes of at least 4 members (excludes halogenated alkanes) is 2. The first-order valence-corrected chi connectivity index (χ1v) is 6.58. The molecule has 0 aliphatic heterocycles. The SMILES string of the molecule is CCCCC/C(C)=N/NC(=O)Cc1ccccc1. The van der Waals surface area contributed by atoms with Crippen molar-refractivity contribution in [2.45, 2.75) is 46.0 Å². The highest BCUT2D eigenvalue weighted by Crippen LogP contribution is 2.01. The highest BCUT2D eigenvalue weighted by molar-refractivity contribution is 5.84. The van der Waals surface area contributed by atoms with Crippen molar-refractivity contribution >= 4 is 11.6 Å². The van der Waals surface area contributed by atoms with E-state index >= 15 is 0 Å². The fourth-order valence-electron chi connectivity index (χ4n) is 1.67. The third-order valence-corrected chi connectivity index (χ3v) is 2.72. The summed E-state index contributed by atoms with van der Waals surface area (Å²) in [6.07, 6.45) is 4.89. The van der Waals surface area contributed by atoms with Crippen LogP contribution in [0.25, 0.3) is 0 Å². The lowest BCUT2D eigenvalue weighted by Crippen LogP contribution is -2.21. The van der Waals surface area contributed by atoms with Crippen LogP contribution in [0.2, 0.25) is 0 Å². The molecule has 0 aromatic heterocycles. The van der Waals surface area contributed by atoms with Crippen LogP contribution in [0, 0.1) is 0 Å². The van der Waals surface area contributed by atoms with Crippen molar-refractivity contribution in [3.63, 3.8) is 0 Å². The maximum atomic E-state index is 11.6. The molecule has 1 aromatic rings. The fourth-order valence-corrected chi connectivity index (χ4v) is 1.67. The van der Waals surface area contributed by atoms with Crippen molar-refractivity contribution in [1.29, 1.82) is 0 Å². The molecule has 98 valence electrons. The standard InChI is InChI=1S/C15H22N2O/c1-3-4-6-9-13(2)16-17-15(18)12-14-10-7-5-8-11-14/h5,7-8,10-11H,3-4,6,9,12H2,1-2H3,(H,17,18)/b16-13+. The molecule has 1 aromatic carbocycles. The number of carbonyl (C=O) groups is 1. The molecule has 0 bridgehead atoms. The average molecular weight is 246 g/mol. The Morgan fingerprint density at radius 2 is 1.94 bits per heavy atom. The van der Waals surface area contributed by atoms with Crippen LogP contribution in [-0.2, 0) is 11.2 Å². The number of hydrogen-bond donors (Lipinski definition) is 1. The van der Waals surface area contributed by atoms with E-state index in [1.165, 1.54) is 12.8 Å². The third-order valence-electron chi connectivity index (χ3n) is 2.72. The number of rotatable bonds is 7. The summed E-state index contributed by atoms with van der Waals surface area (Å²) in [5, 5.41) is 4.11. The van der Waals surface area contributed by atoms with Crippen LogP contribution in [0.3, 0.4) is 0 Å². The summed E-state index contributed by atoms with van der Waals surface area (Å²) in [5.74, 6) is -0.0592. The highest BCUT2D eigenvalue weighted by atomic mass is 16.2. The number of hydrazone groups is 1. The Morgan fingerprint density at radius 1 is 1.22 bits per heavy atom. The van der Waals surface area contributed by atoms with E-state index in [9.17, 15) is 4.79 Å². The van der Waals surface area contributed by atoms with E-state index in [0.717, 1.165) is 24.1 Å². The molecule has 0 unspecified atom stereocenters. The highest BCUT2D eigenvalue weighted by Gasteiger charge is 2.01. The first-order chi connectivity index (χ1) is 8.72. The Bertz CT molecular complexity index is 385. The second-order valence-electron chi connectivity index (χ2n) is 4.50. The van der Waals surface area contributed by atoms with Crippen molar-refractivity contribution in [3.05, 3.63) is 35.9 Å². The van der Waals surface area contributed by atoms with Crippen LogP contribution in [0.1, 0.15) is 45.1 Å². The van der Waals surface area contributed by atoms with E-state index in [0.29, 0.717) is 6.42 Å². The lowest BCUT2D eigenvalue weighted by atomic mass is 10.1. The zero-order valence-electron chi connectivity index (χ0n) is 11.3. The lowest BCUT2D eigenvalue weighted by molar-refractivity contribution is -0.120. The molecule has 3 heteroatoms. The molecule has 0 atom stereocenters. The van der Waals surface area contributed by atoms with Gasteiger partial charge in [0.1, 0.15) is 0 Å². The van der Waals surface area contributed by atoms with Crippen molar-refractivity contribution in [2.24, 2.45) is 5.10 Å². The van der Waals surface area contributed by atoms with Crippen molar-refractivity contribution in [2.75, 3.05) is 0 Å². The monoisotopic (exact) mass is 246 g/mol. The van der Waals surface area contributed by atoms with Crippen LogP contribution in [-0.4, -0.2) is 11.6 Å². The van der Waals surface area contributed by atoms with Crippen molar-refractivity contribution in [3.8, 4) is 0 Å². The quantitative estimate of drug-likeness (QED) is 0.447. The molecule has 1 N–H and O–H groups in total. The van der Waals surface area contributed by atoms with Gasteiger partial charge in [-0.1, -0.05) is 50.1 Å². The van der Waals surface area contributed by atoms with Gasteiger partial charge in [-0.15, -0.1) is 0 Å². The maximum absolute atomic E-state index is 11.6. The molecule has 1 amide bonds. The van der Waals surface area contributed by atoms with Gasteiger partial charge >= 0.3 is 0 Å². The van der Waals surface area contributed by atoms with Gasteiger partial charge in [-0.2, -0.15) is 5.10 Å². The van der Waals surface area contributed by atoms with Gasteiger partial charge in [-0.05, 0) is 25.3 Å². The average Bonchev–Trinajstić information content (AvgIpc) is 2.38. The Balaban J connectivity index is 2.30. The minimum atomic E-state index is -0.0592. The molecule has 18 heavy (non-hydrogen) atoms. The molecule has 3 nitrogen and oxygen atoms in total. The van der Waals surface area contributed by atoms with E-state index in [1.807, 2.05) is 37.3 Å². The van der Waals surface area contributed by atoms with Gasteiger partial charge in [0, 0.05) is 5.71 Å². The van der Waals surface area contributed by atoms with Crippen LogP contribution in [0.4, 0.5) is 0 Å². The molecule has 0 fully saturated rings. The van der Waals surface area contributed by atoms with E-state index in [2.05, 4.69) is 17.5 Å². The molecular formula is C15H22N2O. The number of benzene rings is 1.